The molecule has 20 heavy (non-hydrogen) atoms. The summed E-state index contributed by atoms with van der Waals surface area (Å²) >= 11 is 0. The molecule has 0 heterocycles. The lowest BCUT2D eigenvalue weighted by Gasteiger charge is -2.21. The van der Waals surface area contributed by atoms with Crippen LogP contribution in [0.5, 0.6) is 0 Å². The van der Waals surface area contributed by atoms with E-state index in [1.807, 2.05) is 38.1 Å². The van der Waals surface area contributed by atoms with Crippen molar-refractivity contribution in [1.82, 2.24) is 4.90 Å². The minimum absolute atomic E-state index is 0.356. The molecule has 1 rings (SSSR count). The molecule has 1 N–H and O–H groups in total. The molecule has 0 saturated heterocycles. The van der Waals surface area contributed by atoms with Gasteiger partial charge in [0, 0.05) is 13.1 Å². The smallest absolute Gasteiger partial charge is 0.115 e. The van der Waals surface area contributed by atoms with E-state index in [1.165, 1.54) is 5.56 Å². The maximum absolute atomic E-state index is 9.99. The molecule has 1 aromatic carbocycles. The lowest BCUT2D eigenvalue weighted by molar-refractivity contribution is 0.297. The largest absolute Gasteiger partial charge is 0.508 e. The molecule has 108 valence electrons. The highest BCUT2D eigenvalue weighted by Crippen LogP contribution is 2.09. The molecule has 0 aromatic heterocycles. The second kappa shape index (κ2) is 9.16. The lowest BCUT2D eigenvalue weighted by atomic mass is 10.2. The number of benzene rings is 1. The fourth-order valence-corrected chi connectivity index (χ4v) is 1.94. The molecule has 0 spiro atoms. The summed E-state index contributed by atoms with van der Waals surface area (Å²) in [6.45, 7) is 8.71. The molecule has 0 atom stereocenters. The van der Waals surface area contributed by atoms with Crippen molar-refractivity contribution in [2.45, 2.75) is 27.3 Å². The molecule has 0 fully saturated rings. The van der Waals surface area contributed by atoms with Gasteiger partial charge in [0.2, 0.25) is 0 Å². The molecule has 0 aliphatic heterocycles. The SMILES string of the molecule is C\C=C/C=C\C(O)=C(/C)CN(CC)Cc1ccccc1. The first-order valence-electron chi connectivity index (χ1n) is 7.11. The van der Waals surface area contributed by atoms with E-state index in [9.17, 15) is 5.11 Å². The number of allylic oxidation sites excluding steroid dienone is 4. The molecule has 0 bridgehead atoms. The van der Waals surface area contributed by atoms with Gasteiger partial charge in [0.1, 0.15) is 5.76 Å². The molecule has 2 nitrogen and oxygen atoms in total. The van der Waals surface area contributed by atoms with E-state index in [4.69, 9.17) is 0 Å². The predicted octanol–water partition coefficient (Wildman–Crippen LogP) is 4.47. The average Bonchev–Trinajstić information content (AvgIpc) is 2.47. The average molecular weight is 271 g/mol. The summed E-state index contributed by atoms with van der Waals surface area (Å²) in [6, 6.07) is 10.4. The van der Waals surface area contributed by atoms with Crippen LogP contribution >= 0.6 is 0 Å². The Balaban J connectivity index is 2.65. The number of nitrogens with zero attached hydrogens (tertiary/aromatic N) is 1. The van der Waals surface area contributed by atoms with E-state index < -0.39 is 0 Å². The van der Waals surface area contributed by atoms with Gasteiger partial charge in [-0.25, -0.2) is 0 Å². The Morgan fingerprint density at radius 3 is 2.50 bits per heavy atom. The minimum atomic E-state index is 0.356. The zero-order chi connectivity index (χ0) is 14.8. The molecular formula is C18H25NO. The van der Waals surface area contributed by atoms with E-state index in [0.29, 0.717) is 5.76 Å². The van der Waals surface area contributed by atoms with E-state index in [1.54, 1.807) is 6.08 Å². The summed E-state index contributed by atoms with van der Waals surface area (Å²) in [5, 5.41) is 9.99. The number of rotatable bonds is 7. The Kier molecular flexibility index (Phi) is 7.44. The number of aliphatic hydroxyl groups is 1. The predicted molar refractivity (Wildman–Crippen MR) is 86.7 cm³/mol. The topological polar surface area (TPSA) is 23.5 Å². The van der Waals surface area contributed by atoms with Gasteiger partial charge in [0.15, 0.2) is 0 Å². The monoisotopic (exact) mass is 271 g/mol. The first kappa shape index (κ1) is 16.3. The number of likely N-dealkylation sites (N-methyl/N-ethyl adjacent to an activating group) is 1. The Labute approximate surface area is 122 Å². The zero-order valence-electron chi connectivity index (χ0n) is 12.7. The fourth-order valence-electron chi connectivity index (χ4n) is 1.94. The molecule has 0 saturated carbocycles. The fraction of sp³-hybridized carbons (Fsp3) is 0.333. The Morgan fingerprint density at radius 2 is 1.90 bits per heavy atom. The second-order valence-corrected chi connectivity index (χ2v) is 4.84. The van der Waals surface area contributed by atoms with Crippen LogP contribution < -0.4 is 0 Å². The van der Waals surface area contributed by atoms with Gasteiger partial charge >= 0.3 is 0 Å². The van der Waals surface area contributed by atoms with E-state index in [-0.39, 0.29) is 0 Å². The summed E-state index contributed by atoms with van der Waals surface area (Å²) < 4.78 is 0. The van der Waals surface area contributed by atoms with Crippen LogP contribution in [0.3, 0.4) is 0 Å². The third kappa shape index (κ3) is 5.89. The Hall–Kier alpha value is -1.80. The maximum Gasteiger partial charge on any atom is 0.115 e. The Bertz CT molecular complexity index is 471. The van der Waals surface area contributed by atoms with Gasteiger partial charge < -0.3 is 5.11 Å². The molecule has 0 radical (unpaired) electrons. The standard InChI is InChI=1S/C18H25NO/c1-4-6-8-13-18(20)16(3)14-19(5-2)15-17-11-9-7-10-12-17/h4,6-13,20H,5,14-15H2,1-3H3/b6-4-,13-8-,18-16-. The molecule has 0 aliphatic rings. The summed E-state index contributed by atoms with van der Waals surface area (Å²) in [5.41, 5.74) is 2.29. The van der Waals surface area contributed by atoms with Crippen molar-refractivity contribution in [3.05, 3.63) is 71.5 Å². The van der Waals surface area contributed by atoms with Crippen molar-refractivity contribution in [3.63, 3.8) is 0 Å². The van der Waals surface area contributed by atoms with Crippen molar-refractivity contribution in [2.24, 2.45) is 0 Å². The van der Waals surface area contributed by atoms with Crippen LogP contribution in [0.2, 0.25) is 0 Å². The summed E-state index contributed by atoms with van der Waals surface area (Å²) in [6.07, 6.45) is 7.44. The quantitative estimate of drug-likeness (QED) is 0.584. The number of hydrogen-bond acceptors (Lipinski definition) is 2. The third-order valence-electron chi connectivity index (χ3n) is 3.15. The van der Waals surface area contributed by atoms with Crippen LogP contribution in [0.1, 0.15) is 26.3 Å². The minimum Gasteiger partial charge on any atom is -0.508 e. The van der Waals surface area contributed by atoms with Gasteiger partial charge in [-0.2, -0.15) is 0 Å². The van der Waals surface area contributed by atoms with Gasteiger partial charge in [-0.15, -0.1) is 0 Å². The highest BCUT2D eigenvalue weighted by Gasteiger charge is 2.06. The van der Waals surface area contributed by atoms with Crippen molar-refractivity contribution in [2.75, 3.05) is 13.1 Å². The molecule has 0 aliphatic carbocycles. The summed E-state index contributed by atoms with van der Waals surface area (Å²) in [5.74, 6) is 0.356. The van der Waals surface area contributed by atoms with Crippen LogP contribution in [0, 0.1) is 0 Å². The Morgan fingerprint density at radius 1 is 1.20 bits per heavy atom. The summed E-state index contributed by atoms with van der Waals surface area (Å²) in [4.78, 5) is 2.31. The van der Waals surface area contributed by atoms with Crippen molar-refractivity contribution in [1.29, 1.82) is 0 Å². The highest BCUT2D eigenvalue weighted by atomic mass is 16.3. The zero-order valence-corrected chi connectivity index (χ0v) is 12.7. The highest BCUT2D eigenvalue weighted by molar-refractivity contribution is 5.22. The molecule has 2 heteroatoms. The first-order valence-corrected chi connectivity index (χ1v) is 7.11. The third-order valence-corrected chi connectivity index (χ3v) is 3.15. The molecule has 0 amide bonds. The van der Waals surface area contributed by atoms with Gasteiger partial charge in [-0.05, 0) is 37.6 Å². The summed E-state index contributed by atoms with van der Waals surface area (Å²) in [7, 11) is 0. The van der Waals surface area contributed by atoms with Crippen LogP contribution in [-0.2, 0) is 6.54 Å². The maximum atomic E-state index is 9.99. The van der Waals surface area contributed by atoms with Crippen LogP contribution in [0.4, 0.5) is 0 Å². The molecular weight excluding hydrogens is 246 g/mol. The van der Waals surface area contributed by atoms with E-state index in [0.717, 1.165) is 25.2 Å². The van der Waals surface area contributed by atoms with Gasteiger partial charge in [0.05, 0.1) is 0 Å². The van der Waals surface area contributed by atoms with Gasteiger partial charge in [-0.1, -0.05) is 55.5 Å². The van der Waals surface area contributed by atoms with Gasteiger partial charge in [0.25, 0.3) is 0 Å². The van der Waals surface area contributed by atoms with Crippen molar-refractivity contribution < 1.29 is 5.11 Å². The molecule has 1 aromatic rings. The van der Waals surface area contributed by atoms with E-state index in [2.05, 4.69) is 36.1 Å². The van der Waals surface area contributed by atoms with Crippen molar-refractivity contribution in [3.8, 4) is 0 Å². The lowest BCUT2D eigenvalue weighted by Crippen LogP contribution is -2.25. The number of hydrogen-bond donors (Lipinski definition) is 1. The first-order chi connectivity index (χ1) is 9.67. The van der Waals surface area contributed by atoms with Crippen LogP contribution in [0.25, 0.3) is 0 Å². The normalized spacial score (nSPS) is 13.4. The van der Waals surface area contributed by atoms with Gasteiger partial charge in [-0.3, -0.25) is 4.90 Å². The number of aliphatic hydroxyl groups excluding tert-OH is 1. The molecule has 0 unspecified atom stereocenters. The second-order valence-electron chi connectivity index (χ2n) is 4.84. The van der Waals surface area contributed by atoms with E-state index >= 15 is 0 Å². The van der Waals surface area contributed by atoms with Crippen LogP contribution in [0.15, 0.2) is 66.0 Å². The van der Waals surface area contributed by atoms with Crippen LogP contribution in [-0.4, -0.2) is 23.1 Å². The van der Waals surface area contributed by atoms with Crippen molar-refractivity contribution >= 4 is 0 Å².